The summed E-state index contributed by atoms with van der Waals surface area (Å²) in [5, 5.41) is 26.8. The highest BCUT2D eigenvalue weighted by molar-refractivity contribution is 5.03. The molecule has 19 heavy (non-hydrogen) atoms. The first-order valence-corrected chi connectivity index (χ1v) is 7.16. The third-order valence-electron chi connectivity index (χ3n) is 3.87. The highest BCUT2D eigenvalue weighted by Crippen LogP contribution is 2.31. The van der Waals surface area contributed by atoms with Gasteiger partial charge in [-0.2, -0.15) is 5.10 Å². The van der Waals surface area contributed by atoms with E-state index in [1.54, 1.807) is 10.9 Å². The van der Waals surface area contributed by atoms with Gasteiger partial charge in [-0.1, -0.05) is 19.8 Å². The molecule has 1 heterocycles. The third kappa shape index (κ3) is 4.30. The van der Waals surface area contributed by atoms with Crippen molar-refractivity contribution in [3.63, 3.8) is 0 Å². The summed E-state index contributed by atoms with van der Waals surface area (Å²) in [5.74, 6) is 0.618. The number of hydrogen-bond acceptors (Lipinski definition) is 4. The number of rotatable bonds is 6. The minimum absolute atomic E-state index is 0.103. The molecule has 1 aliphatic rings. The van der Waals surface area contributed by atoms with Crippen LogP contribution in [0.15, 0.2) is 12.4 Å². The predicted octanol–water partition coefficient (Wildman–Crippen LogP) is 0.906. The van der Waals surface area contributed by atoms with Crippen molar-refractivity contribution >= 4 is 0 Å². The van der Waals surface area contributed by atoms with E-state index in [9.17, 15) is 5.11 Å². The van der Waals surface area contributed by atoms with E-state index in [-0.39, 0.29) is 6.61 Å². The van der Waals surface area contributed by atoms with Crippen LogP contribution < -0.4 is 5.32 Å². The first-order chi connectivity index (χ1) is 9.11. The minimum Gasteiger partial charge on any atom is -0.394 e. The van der Waals surface area contributed by atoms with Gasteiger partial charge in [0.15, 0.2) is 0 Å². The Labute approximate surface area is 114 Å². The van der Waals surface area contributed by atoms with Gasteiger partial charge in [-0.3, -0.25) is 4.68 Å². The molecule has 1 aromatic rings. The van der Waals surface area contributed by atoms with Crippen molar-refractivity contribution in [1.29, 1.82) is 0 Å². The van der Waals surface area contributed by atoms with Crippen LogP contribution in [0.3, 0.4) is 0 Å². The lowest BCUT2D eigenvalue weighted by Crippen LogP contribution is -2.43. The van der Waals surface area contributed by atoms with Gasteiger partial charge in [-0.05, 0) is 18.8 Å². The Hall–Kier alpha value is -0.910. The lowest BCUT2D eigenvalue weighted by Gasteiger charge is -2.35. The molecule has 1 aromatic heterocycles. The van der Waals surface area contributed by atoms with Crippen LogP contribution in [0.2, 0.25) is 0 Å². The summed E-state index contributed by atoms with van der Waals surface area (Å²) < 4.78 is 1.73. The van der Waals surface area contributed by atoms with E-state index in [0.29, 0.717) is 25.6 Å². The van der Waals surface area contributed by atoms with E-state index in [0.717, 1.165) is 24.8 Å². The van der Waals surface area contributed by atoms with Crippen LogP contribution in [-0.2, 0) is 13.1 Å². The zero-order chi connectivity index (χ0) is 13.7. The molecule has 5 heteroatoms. The molecule has 2 rings (SSSR count). The molecule has 108 valence electrons. The van der Waals surface area contributed by atoms with Gasteiger partial charge in [0.1, 0.15) is 0 Å². The van der Waals surface area contributed by atoms with Gasteiger partial charge in [0.05, 0.1) is 24.9 Å². The molecule has 0 amide bonds. The standard InChI is InChI=1S/C14H25N3O2/c1-12-3-2-4-14(19,7-12)11-15-8-13-9-16-17(10-13)5-6-18/h9-10,12,15,18-19H,2-8,11H2,1H3. The number of aliphatic hydroxyl groups excluding tert-OH is 1. The summed E-state index contributed by atoms with van der Waals surface area (Å²) >= 11 is 0. The maximum atomic E-state index is 10.5. The Morgan fingerprint density at radius 2 is 2.42 bits per heavy atom. The van der Waals surface area contributed by atoms with Gasteiger partial charge in [0, 0.05) is 24.8 Å². The van der Waals surface area contributed by atoms with Crippen LogP contribution in [0.5, 0.6) is 0 Å². The molecule has 0 radical (unpaired) electrons. The topological polar surface area (TPSA) is 70.3 Å². The quantitative estimate of drug-likeness (QED) is 0.716. The zero-order valence-corrected chi connectivity index (χ0v) is 11.7. The fourth-order valence-electron chi connectivity index (χ4n) is 2.95. The Kier molecular flexibility index (Phi) is 4.96. The molecule has 0 bridgehead atoms. The summed E-state index contributed by atoms with van der Waals surface area (Å²) in [6, 6.07) is 0. The molecule has 1 fully saturated rings. The second kappa shape index (κ2) is 6.50. The average Bonchev–Trinajstić information content (AvgIpc) is 2.77. The number of aromatic nitrogens is 2. The molecule has 2 unspecified atom stereocenters. The highest BCUT2D eigenvalue weighted by Gasteiger charge is 2.31. The molecule has 0 saturated heterocycles. The van der Waals surface area contributed by atoms with Crippen molar-refractivity contribution in [2.75, 3.05) is 13.2 Å². The Morgan fingerprint density at radius 1 is 1.58 bits per heavy atom. The van der Waals surface area contributed by atoms with Crippen LogP contribution >= 0.6 is 0 Å². The van der Waals surface area contributed by atoms with E-state index in [2.05, 4.69) is 17.3 Å². The minimum atomic E-state index is -0.543. The molecular weight excluding hydrogens is 242 g/mol. The molecule has 0 spiro atoms. The first-order valence-electron chi connectivity index (χ1n) is 7.16. The average molecular weight is 267 g/mol. The van der Waals surface area contributed by atoms with Crippen molar-refractivity contribution in [3.05, 3.63) is 18.0 Å². The monoisotopic (exact) mass is 267 g/mol. The second-order valence-electron chi connectivity index (χ2n) is 5.86. The van der Waals surface area contributed by atoms with Crippen molar-refractivity contribution in [3.8, 4) is 0 Å². The smallest absolute Gasteiger partial charge is 0.0774 e. The molecule has 3 N–H and O–H groups in total. The number of nitrogens with one attached hydrogen (secondary N) is 1. The van der Waals surface area contributed by atoms with Crippen LogP contribution in [0.25, 0.3) is 0 Å². The fraction of sp³-hybridized carbons (Fsp3) is 0.786. The van der Waals surface area contributed by atoms with Crippen molar-refractivity contribution in [2.24, 2.45) is 5.92 Å². The number of aliphatic hydroxyl groups is 2. The first kappa shape index (κ1) is 14.5. The second-order valence-corrected chi connectivity index (χ2v) is 5.86. The van der Waals surface area contributed by atoms with Crippen molar-refractivity contribution in [1.82, 2.24) is 15.1 Å². The maximum Gasteiger partial charge on any atom is 0.0774 e. The highest BCUT2D eigenvalue weighted by atomic mass is 16.3. The lowest BCUT2D eigenvalue weighted by atomic mass is 9.79. The largest absolute Gasteiger partial charge is 0.394 e. The summed E-state index contributed by atoms with van der Waals surface area (Å²) in [4.78, 5) is 0. The summed E-state index contributed by atoms with van der Waals surface area (Å²) in [6.45, 7) is 4.20. The number of nitrogens with zero attached hydrogens (tertiary/aromatic N) is 2. The van der Waals surface area contributed by atoms with Gasteiger partial charge in [0.2, 0.25) is 0 Å². The predicted molar refractivity (Wildman–Crippen MR) is 73.6 cm³/mol. The Balaban J connectivity index is 1.75. The molecule has 2 atom stereocenters. The molecule has 1 saturated carbocycles. The summed E-state index contributed by atoms with van der Waals surface area (Å²) in [6.07, 6.45) is 7.87. The Bertz CT molecular complexity index is 394. The SMILES string of the molecule is CC1CCCC(O)(CNCc2cnn(CCO)c2)C1. The molecule has 1 aliphatic carbocycles. The van der Waals surface area contributed by atoms with E-state index in [1.165, 1.54) is 6.42 Å². The van der Waals surface area contributed by atoms with Gasteiger partial charge < -0.3 is 15.5 Å². The van der Waals surface area contributed by atoms with E-state index in [1.807, 2.05) is 6.20 Å². The van der Waals surface area contributed by atoms with Crippen molar-refractivity contribution < 1.29 is 10.2 Å². The van der Waals surface area contributed by atoms with Crippen LogP contribution in [0.1, 0.15) is 38.2 Å². The summed E-state index contributed by atoms with van der Waals surface area (Å²) in [5.41, 5.74) is 0.541. The Morgan fingerprint density at radius 3 is 3.16 bits per heavy atom. The van der Waals surface area contributed by atoms with Gasteiger partial charge in [-0.25, -0.2) is 0 Å². The third-order valence-corrected chi connectivity index (χ3v) is 3.87. The zero-order valence-electron chi connectivity index (χ0n) is 11.7. The van der Waals surface area contributed by atoms with Crippen molar-refractivity contribution in [2.45, 2.75) is 51.3 Å². The molecular formula is C14H25N3O2. The normalized spacial score (nSPS) is 27.6. The molecule has 0 aliphatic heterocycles. The van der Waals surface area contributed by atoms with Gasteiger partial charge >= 0.3 is 0 Å². The lowest BCUT2D eigenvalue weighted by molar-refractivity contribution is -0.0119. The fourth-order valence-corrected chi connectivity index (χ4v) is 2.95. The van der Waals surface area contributed by atoms with Crippen LogP contribution in [0, 0.1) is 5.92 Å². The van der Waals surface area contributed by atoms with E-state index >= 15 is 0 Å². The maximum absolute atomic E-state index is 10.5. The summed E-state index contributed by atoms with van der Waals surface area (Å²) in [7, 11) is 0. The van der Waals surface area contributed by atoms with E-state index < -0.39 is 5.60 Å². The van der Waals surface area contributed by atoms with Gasteiger partial charge in [-0.15, -0.1) is 0 Å². The molecule has 5 nitrogen and oxygen atoms in total. The van der Waals surface area contributed by atoms with Gasteiger partial charge in [0.25, 0.3) is 0 Å². The van der Waals surface area contributed by atoms with Crippen LogP contribution in [-0.4, -0.2) is 38.7 Å². The van der Waals surface area contributed by atoms with E-state index in [4.69, 9.17) is 5.11 Å². The molecule has 0 aromatic carbocycles. The number of hydrogen-bond donors (Lipinski definition) is 3. The van der Waals surface area contributed by atoms with Crippen LogP contribution in [0.4, 0.5) is 0 Å².